The molecule has 1 aliphatic rings. The molecular weight excluding hydrogens is 224 g/mol. The monoisotopic (exact) mass is 244 g/mol. The van der Waals surface area contributed by atoms with Crippen LogP contribution in [-0.2, 0) is 11.2 Å². The van der Waals surface area contributed by atoms with E-state index in [2.05, 4.69) is 45.1 Å². The van der Waals surface area contributed by atoms with Gasteiger partial charge < -0.3 is 11.1 Å². The Morgan fingerprint density at radius 3 is 2.56 bits per heavy atom. The summed E-state index contributed by atoms with van der Waals surface area (Å²) in [6, 6.07) is 4.34. The van der Waals surface area contributed by atoms with Gasteiger partial charge in [0, 0.05) is 22.9 Å². The zero-order valence-corrected chi connectivity index (χ0v) is 11.4. The molecule has 3 heteroatoms. The number of carbonyl (C=O) groups excluding carboxylic acids is 1. The van der Waals surface area contributed by atoms with Crippen LogP contribution in [0.25, 0.3) is 5.70 Å². The number of nitrogens with one attached hydrogen (secondary N) is 1. The molecule has 96 valence electrons. The molecule has 0 bridgehead atoms. The Balaban J connectivity index is 2.61. The lowest BCUT2D eigenvalue weighted by Crippen LogP contribution is -2.44. The van der Waals surface area contributed by atoms with Gasteiger partial charge in [0.2, 0.25) is 5.91 Å². The summed E-state index contributed by atoms with van der Waals surface area (Å²) in [5.74, 6) is -0.417. The summed E-state index contributed by atoms with van der Waals surface area (Å²) < 4.78 is 0. The normalized spacial score (nSPS) is 19.2. The highest BCUT2D eigenvalue weighted by atomic mass is 16.1. The van der Waals surface area contributed by atoms with Gasteiger partial charge in [-0.25, -0.2) is 0 Å². The average Bonchev–Trinajstić information content (AvgIpc) is 2.19. The van der Waals surface area contributed by atoms with Gasteiger partial charge in [0.25, 0.3) is 0 Å². The number of benzene rings is 1. The van der Waals surface area contributed by atoms with Crippen molar-refractivity contribution >= 4 is 11.6 Å². The Morgan fingerprint density at radius 2 is 1.94 bits per heavy atom. The lowest BCUT2D eigenvalue weighted by Gasteiger charge is -2.36. The fraction of sp³-hybridized carbons (Fsp3) is 0.400. The van der Waals surface area contributed by atoms with E-state index in [4.69, 9.17) is 5.73 Å². The van der Waals surface area contributed by atoms with Crippen molar-refractivity contribution in [3.05, 3.63) is 40.5 Å². The Hall–Kier alpha value is -1.77. The summed E-state index contributed by atoms with van der Waals surface area (Å²) in [5.41, 5.74) is 10.9. The first kappa shape index (κ1) is 12.7. The lowest BCUT2D eigenvalue weighted by atomic mass is 9.84. The number of nitrogens with two attached hydrogens (primary N) is 1. The van der Waals surface area contributed by atoms with Gasteiger partial charge in [0.1, 0.15) is 0 Å². The Morgan fingerprint density at radius 1 is 1.33 bits per heavy atom. The molecule has 0 atom stereocenters. The maximum atomic E-state index is 11.1. The number of primary amides is 1. The number of hydrogen-bond acceptors (Lipinski definition) is 2. The van der Waals surface area contributed by atoms with Crippen molar-refractivity contribution in [1.82, 2.24) is 5.32 Å². The van der Waals surface area contributed by atoms with E-state index in [-0.39, 0.29) is 5.54 Å². The van der Waals surface area contributed by atoms with Crippen LogP contribution in [0.15, 0.2) is 18.2 Å². The van der Waals surface area contributed by atoms with E-state index in [0.717, 1.165) is 17.7 Å². The number of amides is 1. The van der Waals surface area contributed by atoms with Gasteiger partial charge in [0.05, 0.1) is 0 Å². The first-order chi connectivity index (χ1) is 8.28. The smallest absolute Gasteiger partial charge is 0.243 e. The van der Waals surface area contributed by atoms with Crippen molar-refractivity contribution in [1.29, 1.82) is 0 Å². The average molecular weight is 244 g/mol. The van der Waals surface area contributed by atoms with Crippen LogP contribution >= 0.6 is 0 Å². The standard InChI is InChI=1S/C15H20N2O/c1-9-5-11-8-15(3,4)17-13(7-14(16)18)12(11)6-10(9)2/h5-7,17H,8H2,1-4H3,(H2,16,18). The predicted octanol–water partition coefficient (Wildman–Crippen LogP) is 2.05. The van der Waals surface area contributed by atoms with Gasteiger partial charge in [-0.2, -0.15) is 0 Å². The third-order valence-electron chi connectivity index (χ3n) is 3.40. The summed E-state index contributed by atoms with van der Waals surface area (Å²) in [4.78, 5) is 11.1. The van der Waals surface area contributed by atoms with Crippen molar-refractivity contribution in [2.24, 2.45) is 5.73 Å². The van der Waals surface area contributed by atoms with E-state index in [0.29, 0.717) is 0 Å². The second-order valence-electron chi connectivity index (χ2n) is 5.74. The molecule has 1 aromatic carbocycles. The van der Waals surface area contributed by atoms with Crippen LogP contribution < -0.4 is 11.1 Å². The molecule has 1 aliphatic heterocycles. The van der Waals surface area contributed by atoms with Crippen LogP contribution in [-0.4, -0.2) is 11.4 Å². The van der Waals surface area contributed by atoms with Gasteiger partial charge in [0.15, 0.2) is 0 Å². The molecule has 0 spiro atoms. The second-order valence-corrected chi connectivity index (χ2v) is 5.74. The van der Waals surface area contributed by atoms with Crippen LogP contribution in [0.4, 0.5) is 0 Å². The molecule has 1 heterocycles. The number of fused-ring (bicyclic) bond motifs is 1. The van der Waals surface area contributed by atoms with Crippen molar-refractivity contribution in [2.45, 2.75) is 39.7 Å². The first-order valence-corrected chi connectivity index (χ1v) is 6.18. The number of rotatable bonds is 1. The minimum atomic E-state index is -0.417. The molecule has 1 amide bonds. The topological polar surface area (TPSA) is 55.1 Å². The van der Waals surface area contributed by atoms with Crippen LogP contribution in [0.5, 0.6) is 0 Å². The molecular formula is C15H20N2O. The minimum absolute atomic E-state index is 0.0595. The van der Waals surface area contributed by atoms with Crippen LogP contribution in [0.3, 0.4) is 0 Å². The molecule has 18 heavy (non-hydrogen) atoms. The highest BCUT2D eigenvalue weighted by Crippen LogP contribution is 2.31. The fourth-order valence-electron chi connectivity index (χ4n) is 2.48. The van der Waals surface area contributed by atoms with Crippen molar-refractivity contribution in [2.75, 3.05) is 0 Å². The molecule has 0 radical (unpaired) electrons. The second kappa shape index (κ2) is 4.16. The summed E-state index contributed by atoms with van der Waals surface area (Å²) >= 11 is 0. The number of hydrogen-bond donors (Lipinski definition) is 2. The zero-order chi connectivity index (χ0) is 13.5. The third kappa shape index (κ3) is 2.40. The Kier molecular flexibility index (Phi) is 2.93. The van der Waals surface area contributed by atoms with Crippen molar-refractivity contribution in [3.8, 4) is 0 Å². The molecule has 0 aromatic heterocycles. The van der Waals surface area contributed by atoms with Gasteiger partial charge in [-0.15, -0.1) is 0 Å². The van der Waals surface area contributed by atoms with E-state index >= 15 is 0 Å². The van der Waals surface area contributed by atoms with Crippen molar-refractivity contribution in [3.63, 3.8) is 0 Å². The molecule has 0 unspecified atom stereocenters. The zero-order valence-electron chi connectivity index (χ0n) is 11.4. The third-order valence-corrected chi connectivity index (χ3v) is 3.40. The molecule has 3 nitrogen and oxygen atoms in total. The van der Waals surface area contributed by atoms with E-state index in [1.807, 2.05) is 0 Å². The minimum Gasteiger partial charge on any atom is -0.379 e. The molecule has 0 saturated carbocycles. The highest BCUT2D eigenvalue weighted by molar-refractivity contribution is 5.94. The van der Waals surface area contributed by atoms with Crippen LogP contribution in [0, 0.1) is 13.8 Å². The highest BCUT2D eigenvalue weighted by Gasteiger charge is 2.28. The molecule has 1 aromatic rings. The lowest BCUT2D eigenvalue weighted by molar-refractivity contribution is -0.113. The van der Waals surface area contributed by atoms with Gasteiger partial charge in [-0.1, -0.05) is 6.07 Å². The Bertz CT molecular complexity index is 542. The summed E-state index contributed by atoms with van der Waals surface area (Å²) in [6.45, 7) is 8.44. The quantitative estimate of drug-likeness (QED) is 0.743. The maximum Gasteiger partial charge on any atom is 0.243 e. The van der Waals surface area contributed by atoms with Crippen molar-refractivity contribution < 1.29 is 4.79 Å². The van der Waals surface area contributed by atoms with E-state index in [9.17, 15) is 4.79 Å². The Labute approximate surface area is 108 Å². The summed E-state index contributed by atoms with van der Waals surface area (Å²) in [6.07, 6.45) is 2.42. The van der Waals surface area contributed by atoms with Gasteiger partial charge >= 0.3 is 0 Å². The van der Waals surface area contributed by atoms with E-state index < -0.39 is 5.91 Å². The number of aryl methyl sites for hydroxylation is 2. The molecule has 0 fully saturated rings. The SMILES string of the molecule is Cc1cc2c(cc1C)C(=CC(N)=O)NC(C)(C)C2. The predicted molar refractivity (Wildman–Crippen MR) is 74.0 cm³/mol. The number of carbonyl (C=O) groups is 1. The van der Waals surface area contributed by atoms with E-state index in [1.165, 1.54) is 22.8 Å². The van der Waals surface area contributed by atoms with Crippen LogP contribution in [0.2, 0.25) is 0 Å². The largest absolute Gasteiger partial charge is 0.379 e. The van der Waals surface area contributed by atoms with Gasteiger partial charge in [-0.3, -0.25) is 4.79 Å². The van der Waals surface area contributed by atoms with E-state index in [1.54, 1.807) is 0 Å². The van der Waals surface area contributed by atoms with Gasteiger partial charge in [-0.05, 0) is 56.9 Å². The fourth-order valence-corrected chi connectivity index (χ4v) is 2.48. The van der Waals surface area contributed by atoms with Crippen LogP contribution in [0.1, 0.15) is 36.1 Å². The maximum absolute atomic E-state index is 11.1. The summed E-state index contributed by atoms with van der Waals surface area (Å²) in [7, 11) is 0. The summed E-state index contributed by atoms with van der Waals surface area (Å²) in [5, 5.41) is 3.39. The molecule has 0 aliphatic carbocycles. The first-order valence-electron chi connectivity index (χ1n) is 6.18. The molecule has 2 rings (SSSR count). The molecule has 0 saturated heterocycles. The molecule has 3 N–H and O–H groups in total.